The third-order valence-electron chi connectivity index (χ3n) is 4.71. The molecule has 0 saturated heterocycles. The molecule has 5 heteroatoms. The highest BCUT2D eigenvalue weighted by atomic mass is 16.5. The summed E-state index contributed by atoms with van der Waals surface area (Å²) < 4.78 is 17.1. The van der Waals surface area contributed by atoms with Gasteiger partial charge in [-0.1, -0.05) is 38.1 Å². The van der Waals surface area contributed by atoms with Gasteiger partial charge in [-0.3, -0.25) is 0 Å². The molecule has 0 radical (unpaired) electrons. The van der Waals surface area contributed by atoms with Crippen LogP contribution in [0.25, 0.3) is 22.9 Å². The number of aryl methyl sites for hydroxylation is 2. The second-order valence-corrected chi connectivity index (χ2v) is 6.89. The molecule has 0 unspecified atom stereocenters. The summed E-state index contributed by atoms with van der Waals surface area (Å²) in [5, 5.41) is 0. The quantitative estimate of drug-likeness (QED) is 0.379. The maximum atomic E-state index is 5.94. The van der Waals surface area contributed by atoms with E-state index in [4.69, 9.17) is 13.6 Å². The monoisotopic (exact) mass is 388 g/mol. The van der Waals surface area contributed by atoms with Crippen molar-refractivity contribution in [2.24, 2.45) is 0 Å². The van der Waals surface area contributed by atoms with Gasteiger partial charge in [0, 0.05) is 11.1 Å². The summed E-state index contributed by atoms with van der Waals surface area (Å²) in [6.45, 7) is 5.15. The van der Waals surface area contributed by atoms with E-state index in [0.717, 1.165) is 46.5 Å². The molecule has 29 heavy (non-hydrogen) atoms. The van der Waals surface area contributed by atoms with Gasteiger partial charge in [0.25, 0.3) is 0 Å². The van der Waals surface area contributed by atoms with Gasteiger partial charge in [-0.15, -0.1) is 0 Å². The van der Waals surface area contributed by atoms with Crippen LogP contribution in [0.2, 0.25) is 0 Å². The predicted molar refractivity (Wildman–Crippen MR) is 111 cm³/mol. The summed E-state index contributed by atoms with van der Waals surface area (Å²) >= 11 is 0. The Labute approximate surface area is 170 Å². The molecule has 0 saturated carbocycles. The molecule has 4 rings (SSSR count). The molecule has 0 aliphatic rings. The second kappa shape index (κ2) is 8.88. The van der Waals surface area contributed by atoms with Crippen LogP contribution in [0.15, 0.2) is 69.9 Å². The molecule has 0 N–H and O–H groups in total. The topological polar surface area (TPSA) is 61.3 Å². The van der Waals surface area contributed by atoms with Crippen molar-refractivity contribution >= 4 is 0 Å². The van der Waals surface area contributed by atoms with E-state index in [1.165, 1.54) is 0 Å². The first-order valence-corrected chi connectivity index (χ1v) is 9.90. The molecule has 0 aliphatic heterocycles. The average Bonchev–Trinajstić information content (AvgIpc) is 3.44. The van der Waals surface area contributed by atoms with Gasteiger partial charge in [0.15, 0.2) is 0 Å². The van der Waals surface area contributed by atoms with Crippen LogP contribution < -0.4 is 0 Å². The number of benzene rings is 2. The van der Waals surface area contributed by atoms with Crippen molar-refractivity contribution in [3.8, 4) is 22.9 Å². The number of hydrogen-bond donors (Lipinski definition) is 0. The second-order valence-electron chi connectivity index (χ2n) is 6.89. The minimum Gasteiger partial charge on any atom is -0.444 e. The number of aromatic nitrogens is 2. The minimum absolute atomic E-state index is 0.512. The number of hydrogen-bond acceptors (Lipinski definition) is 5. The van der Waals surface area contributed by atoms with Crippen LogP contribution in [0, 0.1) is 0 Å². The molecule has 4 aromatic rings. The molecule has 0 spiro atoms. The Bertz CT molecular complexity index is 995. The molecule has 5 nitrogen and oxygen atoms in total. The zero-order chi connectivity index (χ0) is 20.1. The van der Waals surface area contributed by atoms with Crippen molar-refractivity contribution in [3.05, 3.63) is 83.6 Å². The summed E-state index contributed by atoms with van der Waals surface area (Å²) in [5.74, 6) is 1.29. The molecule has 0 bridgehead atoms. The van der Waals surface area contributed by atoms with Crippen molar-refractivity contribution in [2.75, 3.05) is 0 Å². The van der Waals surface area contributed by atoms with Crippen LogP contribution in [0.5, 0.6) is 0 Å². The first-order chi connectivity index (χ1) is 14.2. The lowest BCUT2D eigenvalue weighted by molar-refractivity contribution is 0.107. The molecular formula is C24H24N2O3. The molecule has 2 heterocycles. The lowest BCUT2D eigenvalue weighted by atomic mass is 10.1. The Hall–Kier alpha value is -3.18. The van der Waals surface area contributed by atoms with Gasteiger partial charge in [-0.25, -0.2) is 9.97 Å². The standard InChI is InChI=1S/C24H24N2O3/c1-3-21-15-28-23(25-21)19-9-5-7-17(11-19)13-27-14-18-8-6-10-20(12-18)24-26-22(4-2)16-29-24/h5-12,15-16H,3-4,13-14H2,1-2H3. The van der Waals surface area contributed by atoms with E-state index in [1.54, 1.807) is 12.5 Å². The van der Waals surface area contributed by atoms with Crippen molar-refractivity contribution in [3.63, 3.8) is 0 Å². The zero-order valence-corrected chi connectivity index (χ0v) is 16.7. The lowest BCUT2D eigenvalue weighted by Crippen LogP contribution is -1.95. The number of ether oxygens (including phenoxy) is 1. The highest BCUT2D eigenvalue weighted by molar-refractivity contribution is 5.55. The molecule has 0 atom stereocenters. The third-order valence-corrected chi connectivity index (χ3v) is 4.71. The highest BCUT2D eigenvalue weighted by Gasteiger charge is 2.08. The van der Waals surface area contributed by atoms with E-state index in [9.17, 15) is 0 Å². The first-order valence-electron chi connectivity index (χ1n) is 9.90. The van der Waals surface area contributed by atoms with E-state index in [2.05, 4.69) is 35.9 Å². The van der Waals surface area contributed by atoms with E-state index in [1.807, 2.05) is 36.4 Å². The van der Waals surface area contributed by atoms with Crippen LogP contribution in [-0.2, 0) is 30.8 Å². The van der Waals surface area contributed by atoms with Crippen molar-refractivity contribution in [2.45, 2.75) is 39.9 Å². The van der Waals surface area contributed by atoms with Crippen molar-refractivity contribution in [1.82, 2.24) is 9.97 Å². The summed E-state index contributed by atoms with van der Waals surface area (Å²) in [4.78, 5) is 8.98. The van der Waals surface area contributed by atoms with Gasteiger partial charge < -0.3 is 13.6 Å². The summed E-state index contributed by atoms with van der Waals surface area (Å²) in [7, 11) is 0. The van der Waals surface area contributed by atoms with E-state index in [0.29, 0.717) is 25.0 Å². The molecule has 0 amide bonds. The van der Waals surface area contributed by atoms with Gasteiger partial charge in [-0.2, -0.15) is 0 Å². The van der Waals surface area contributed by atoms with Gasteiger partial charge >= 0.3 is 0 Å². The van der Waals surface area contributed by atoms with Gasteiger partial charge in [0.1, 0.15) is 12.5 Å². The number of rotatable bonds is 8. The molecule has 0 aliphatic carbocycles. The maximum Gasteiger partial charge on any atom is 0.226 e. The predicted octanol–water partition coefficient (Wildman–Crippen LogP) is 5.84. The van der Waals surface area contributed by atoms with E-state index < -0.39 is 0 Å². The lowest BCUT2D eigenvalue weighted by Gasteiger charge is -2.07. The number of nitrogens with zero attached hydrogens (tertiary/aromatic N) is 2. The molecule has 0 fully saturated rings. The largest absolute Gasteiger partial charge is 0.444 e. The maximum absolute atomic E-state index is 5.94. The average molecular weight is 388 g/mol. The third kappa shape index (κ3) is 4.63. The van der Waals surface area contributed by atoms with Crippen LogP contribution in [-0.4, -0.2) is 9.97 Å². The fourth-order valence-electron chi connectivity index (χ4n) is 3.08. The fourth-order valence-corrected chi connectivity index (χ4v) is 3.08. The van der Waals surface area contributed by atoms with E-state index >= 15 is 0 Å². The van der Waals surface area contributed by atoms with Crippen molar-refractivity contribution < 1.29 is 13.6 Å². The van der Waals surface area contributed by atoms with Crippen LogP contribution in [0.3, 0.4) is 0 Å². The molecule has 148 valence electrons. The minimum atomic E-state index is 0.512. The molecular weight excluding hydrogens is 364 g/mol. The highest BCUT2D eigenvalue weighted by Crippen LogP contribution is 2.22. The van der Waals surface area contributed by atoms with Crippen LogP contribution in [0.4, 0.5) is 0 Å². The van der Waals surface area contributed by atoms with Crippen LogP contribution >= 0.6 is 0 Å². The van der Waals surface area contributed by atoms with Gasteiger partial charge in [0.05, 0.1) is 24.6 Å². The van der Waals surface area contributed by atoms with Gasteiger partial charge in [-0.05, 0) is 48.2 Å². The van der Waals surface area contributed by atoms with Crippen molar-refractivity contribution in [1.29, 1.82) is 0 Å². The first kappa shape index (κ1) is 19.2. The Morgan fingerprint density at radius 3 is 1.62 bits per heavy atom. The Balaban J connectivity index is 1.39. The number of oxazole rings is 2. The summed E-state index contributed by atoms with van der Waals surface area (Å²) in [6, 6.07) is 16.2. The zero-order valence-electron chi connectivity index (χ0n) is 16.7. The Morgan fingerprint density at radius 2 is 1.21 bits per heavy atom. The van der Waals surface area contributed by atoms with Gasteiger partial charge in [0.2, 0.25) is 11.8 Å². The SMILES string of the molecule is CCc1coc(-c2cccc(COCc3cccc(-c4nc(CC)co4)c3)c2)n1. The van der Waals surface area contributed by atoms with E-state index in [-0.39, 0.29) is 0 Å². The van der Waals surface area contributed by atoms with Crippen LogP contribution in [0.1, 0.15) is 36.4 Å². The molecule has 2 aromatic carbocycles. The fraction of sp³-hybridized carbons (Fsp3) is 0.250. The summed E-state index contributed by atoms with van der Waals surface area (Å²) in [6.07, 6.45) is 5.14. The molecule has 2 aromatic heterocycles. The summed E-state index contributed by atoms with van der Waals surface area (Å²) in [5.41, 5.74) is 5.99. The Morgan fingerprint density at radius 1 is 0.724 bits per heavy atom. The normalized spacial score (nSPS) is 11.1. The Kier molecular flexibility index (Phi) is 5.86. The smallest absolute Gasteiger partial charge is 0.226 e.